The Hall–Kier alpha value is 0.217. The van der Waals surface area contributed by atoms with Crippen LogP contribution in [0, 0.1) is 0 Å². The van der Waals surface area contributed by atoms with Gasteiger partial charge in [-0.15, -0.1) is 0 Å². The molecule has 0 saturated heterocycles. The molecular formula is C10H18Si. The van der Waals surface area contributed by atoms with Crippen LogP contribution < -0.4 is 0 Å². The van der Waals surface area contributed by atoms with E-state index in [1.807, 2.05) is 0 Å². The quantitative estimate of drug-likeness (QED) is 0.562. The van der Waals surface area contributed by atoms with Crippen molar-refractivity contribution in [3.63, 3.8) is 0 Å². The van der Waals surface area contributed by atoms with Gasteiger partial charge >= 0.3 is 0 Å². The van der Waals surface area contributed by atoms with Crippen LogP contribution in [0.2, 0.25) is 23.2 Å². The lowest BCUT2D eigenvalue weighted by Crippen LogP contribution is -2.31. The molecule has 0 atom stereocenters. The third-order valence-corrected chi connectivity index (χ3v) is 11.4. The molecule has 0 radical (unpaired) electrons. The maximum atomic E-state index is 2.74. The average Bonchev–Trinajstić information content (AvgIpc) is 2.81. The first-order valence-corrected chi connectivity index (χ1v) is 8.05. The predicted molar refractivity (Wildman–Crippen MR) is 50.6 cm³/mol. The van der Waals surface area contributed by atoms with Gasteiger partial charge in [0.15, 0.2) is 0 Å². The fourth-order valence-corrected chi connectivity index (χ4v) is 9.35. The Balaban J connectivity index is 1.82. The molecule has 3 saturated carbocycles. The minimum absolute atomic E-state index is 0.648. The van der Waals surface area contributed by atoms with Crippen molar-refractivity contribution in [3.05, 3.63) is 0 Å². The summed E-state index contributed by atoms with van der Waals surface area (Å²) in [5.41, 5.74) is 3.88. The van der Waals surface area contributed by atoms with E-state index in [1.165, 1.54) is 16.6 Å². The van der Waals surface area contributed by atoms with Crippen molar-refractivity contribution >= 4 is 8.07 Å². The summed E-state index contributed by atoms with van der Waals surface area (Å²) < 4.78 is 0. The minimum atomic E-state index is -0.648. The molecule has 0 aliphatic heterocycles. The van der Waals surface area contributed by atoms with Crippen molar-refractivity contribution in [3.8, 4) is 0 Å². The van der Waals surface area contributed by atoms with E-state index < -0.39 is 8.07 Å². The summed E-state index contributed by atoms with van der Waals surface area (Å²) in [6.07, 6.45) is 9.72. The molecule has 3 aliphatic carbocycles. The SMILES string of the molecule is C[Si](C1CC1)(C1CC1)C1CC1. The van der Waals surface area contributed by atoms with E-state index in [0.717, 1.165) is 0 Å². The lowest BCUT2D eigenvalue weighted by Gasteiger charge is -2.27. The van der Waals surface area contributed by atoms with Crippen LogP contribution in [0.4, 0.5) is 0 Å². The van der Waals surface area contributed by atoms with Crippen molar-refractivity contribution in [1.29, 1.82) is 0 Å². The molecule has 0 nitrogen and oxygen atoms in total. The van der Waals surface area contributed by atoms with Crippen LogP contribution in [0.5, 0.6) is 0 Å². The first-order chi connectivity index (χ1) is 5.32. The third kappa shape index (κ3) is 0.931. The predicted octanol–water partition coefficient (Wildman–Crippen LogP) is 3.56. The second kappa shape index (κ2) is 1.93. The van der Waals surface area contributed by atoms with Gasteiger partial charge in [-0.25, -0.2) is 0 Å². The lowest BCUT2D eigenvalue weighted by atomic mass is 10.9. The van der Waals surface area contributed by atoms with Crippen molar-refractivity contribution in [1.82, 2.24) is 0 Å². The van der Waals surface area contributed by atoms with Crippen molar-refractivity contribution in [2.75, 3.05) is 0 Å². The lowest BCUT2D eigenvalue weighted by molar-refractivity contribution is 1.11. The molecular weight excluding hydrogens is 148 g/mol. The summed E-state index contributed by atoms with van der Waals surface area (Å²) >= 11 is 0. The van der Waals surface area contributed by atoms with Gasteiger partial charge in [-0.05, 0) is 16.6 Å². The first-order valence-electron chi connectivity index (χ1n) is 5.32. The monoisotopic (exact) mass is 166 g/mol. The maximum absolute atomic E-state index is 2.74. The summed E-state index contributed by atoms with van der Waals surface area (Å²) in [6.45, 7) is 2.74. The summed E-state index contributed by atoms with van der Waals surface area (Å²) in [4.78, 5) is 0. The highest BCUT2D eigenvalue weighted by Gasteiger charge is 2.59. The van der Waals surface area contributed by atoms with Gasteiger partial charge in [0, 0.05) is 0 Å². The van der Waals surface area contributed by atoms with Crippen LogP contribution in [0.25, 0.3) is 0 Å². The third-order valence-electron chi connectivity index (χ3n) is 4.37. The van der Waals surface area contributed by atoms with Gasteiger partial charge in [0.2, 0.25) is 0 Å². The Morgan fingerprint density at radius 1 is 0.727 bits per heavy atom. The largest absolute Gasteiger partial charge is 0.0685 e. The minimum Gasteiger partial charge on any atom is -0.0685 e. The molecule has 3 fully saturated rings. The number of hydrogen-bond acceptors (Lipinski definition) is 0. The first kappa shape index (κ1) is 6.70. The van der Waals surface area contributed by atoms with Gasteiger partial charge in [0.1, 0.15) is 0 Å². The summed E-state index contributed by atoms with van der Waals surface area (Å²) in [5.74, 6) is 0. The molecule has 0 aromatic rings. The molecule has 11 heavy (non-hydrogen) atoms. The number of rotatable bonds is 3. The van der Waals surface area contributed by atoms with Gasteiger partial charge in [-0.3, -0.25) is 0 Å². The van der Waals surface area contributed by atoms with E-state index in [1.54, 1.807) is 38.5 Å². The van der Waals surface area contributed by atoms with E-state index in [-0.39, 0.29) is 0 Å². The van der Waals surface area contributed by atoms with Gasteiger partial charge < -0.3 is 0 Å². The van der Waals surface area contributed by atoms with Crippen molar-refractivity contribution in [2.24, 2.45) is 0 Å². The zero-order chi connectivity index (χ0) is 7.47. The van der Waals surface area contributed by atoms with E-state index in [2.05, 4.69) is 6.55 Å². The molecule has 62 valence electrons. The fraction of sp³-hybridized carbons (Fsp3) is 1.00. The topological polar surface area (TPSA) is 0 Å². The molecule has 0 bridgehead atoms. The van der Waals surface area contributed by atoms with Crippen molar-refractivity contribution in [2.45, 2.75) is 61.7 Å². The van der Waals surface area contributed by atoms with Gasteiger partial charge in [0.05, 0.1) is 8.07 Å². The van der Waals surface area contributed by atoms with Gasteiger partial charge in [-0.1, -0.05) is 45.1 Å². The molecule has 3 aliphatic rings. The second-order valence-corrected chi connectivity index (χ2v) is 10.4. The zero-order valence-electron chi connectivity index (χ0n) is 7.47. The Bertz CT molecular complexity index is 144. The Labute approximate surface area is 70.4 Å². The molecule has 0 N–H and O–H groups in total. The van der Waals surface area contributed by atoms with E-state index in [9.17, 15) is 0 Å². The van der Waals surface area contributed by atoms with Crippen LogP contribution in [-0.4, -0.2) is 8.07 Å². The highest BCUT2D eigenvalue weighted by Crippen LogP contribution is 2.67. The van der Waals surface area contributed by atoms with Crippen molar-refractivity contribution < 1.29 is 0 Å². The standard InChI is InChI=1S/C10H18Si/c1-11(8-2-3-8,9-4-5-9)10-6-7-10/h8-10H,2-7H2,1H3. The van der Waals surface area contributed by atoms with Crippen LogP contribution in [0.3, 0.4) is 0 Å². The van der Waals surface area contributed by atoms with Crippen LogP contribution in [-0.2, 0) is 0 Å². The molecule has 0 spiro atoms. The molecule has 0 aromatic carbocycles. The maximum Gasteiger partial charge on any atom is 0.0598 e. The molecule has 0 amide bonds. The van der Waals surface area contributed by atoms with Crippen LogP contribution in [0.1, 0.15) is 38.5 Å². The highest BCUT2D eigenvalue weighted by atomic mass is 28.3. The molecule has 3 rings (SSSR count). The summed E-state index contributed by atoms with van der Waals surface area (Å²) in [5, 5.41) is 0. The number of hydrogen-bond donors (Lipinski definition) is 0. The summed E-state index contributed by atoms with van der Waals surface area (Å²) in [6, 6.07) is 0. The zero-order valence-corrected chi connectivity index (χ0v) is 8.47. The molecule has 0 unspecified atom stereocenters. The van der Waals surface area contributed by atoms with E-state index in [0.29, 0.717) is 0 Å². The average molecular weight is 166 g/mol. The Morgan fingerprint density at radius 3 is 1.18 bits per heavy atom. The molecule has 0 heterocycles. The van der Waals surface area contributed by atoms with Gasteiger partial charge in [0.25, 0.3) is 0 Å². The second-order valence-electron chi connectivity index (χ2n) is 5.19. The van der Waals surface area contributed by atoms with Crippen LogP contribution in [0.15, 0.2) is 0 Å². The van der Waals surface area contributed by atoms with E-state index >= 15 is 0 Å². The smallest absolute Gasteiger partial charge is 0.0598 e. The molecule has 1 heteroatoms. The van der Waals surface area contributed by atoms with E-state index in [4.69, 9.17) is 0 Å². The van der Waals surface area contributed by atoms with Gasteiger partial charge in [-0.2, -0.15) is 0 Å². The molecule has 0 aromatic heterocycles. The Kier molecular flexibility index (Phi) is 1.17. The Morgan fingerprint density at radius 2 is 1.00 bits per heavy atom. The van der Waals surface area contributed by atoms with Crippen LogP contribution >= 0.6 is 0 Å². The fourth-order valence-electron chi connectivity index (χ4n) is 3.12. The highest BCUT2D eigenvalue weighted by molar-refractivity contribution is 6.84. The summed E-state index contributed by atoms with van der Waals surface area (Å²) in [7, 11) is -0.648. The normalized spacial score (nSPS) is 32.5.